The number of cyclic esters (lactones) is 1. The summed E-state index contributed by atoms with van der Waals surface area (Å²) in [5.41, 5.74) is 1.38. The first-order valence-corrected chi connectivity index (χ1v) is 11.7. The standard InChI is InChI=1S/C28H27F3N2O3/c1-18(20-3-5-21(6-4-20)25-12-11-24(30)17-26(25)31)33-16-14-28(36-27(33)35,13-15-32-19(2)34)22-7-9-23(29)10-8-22/h3-12,17-18H,13-16H2,1-2H3,(H,32,34)/t18-,28-/m0/s1. The number of hydrogen-bond donors (Lipinski definition) is 1. The lowest BCUT2D eigenvalue weighted by atomic mass is 9.85. The summed E-state index contributed by atoms with van der Waals surface area (Å²) < 4.78 is 46.9. The molecule has 0 saturated carbocycles. The minimum absolute atomic E-state index is 0.189. The summed E-state index contributed by atoms with van der Waals surface area (Å²) in [7, 11) is 0. The fraction of sp³-hybridized carbons (Fsp3) is 0.286. The van der Waals surface area contributed by atoms with Gasteiger partial charge in [-0.3, -0.25) is 4.79 Å². The SMILES string of the molecule is CC(=O)NCC[C@@]1(c2ccc(F)cc2)CCN([C@@H](C)c2ccc(-c3ccc(F)cc3F)cc2)C(=O)O1. The second-order valence-electron chi connectivity index (χ2n) is 8.97. The molecule has 1 N–H and O–H groups in total. The van der Waals surface area contributed by atoms with Gasteiger partial charge in [-0.25, -0.2) is 18.0 Å². The van der Waals surface area contributed by atoms with Gasteiger partial charge < -0.3 is 15.0 Å². The number of hydrogen-bond acceptors (Lipinski definition) is 3. The molecule has 8 heteroatoms. The second-order valence-corrected chi connectivity index (χ2v) is 8.97. The summed E-state index contributed by atoms with van der Waals surface area (Å²) in [6, 6.07) is 16.0. The third kappa shape index (κ3) is 5.37. The van der Waals surface area contributed by atoms with Gasteiger partial charge in [-0.1, -0.05) is 36.4 Å². The molecule has 2 amide bonds. The van der Waals surface area contributed by atoms with E-state index in [0.717, 1.165) is 11.6 Å². The maximum Gasteiger partial charge on any atom is 0.411 e. The molecular formula is C28H27F3N2O3. The minimum atomic E-state index is -0.993. The van der Waals surface area contributed by atoms with E-state index in [1.54, 1.807) is 41.3 Å². The number of halogens is 3. The highest BCUT2D eigenvalue weighted by Gasteiger charge is 2.43. The Morgan fingerprint density at radius 1 is 1.03 bits per heavy atom. The monoisotopic (exact) mass is 496 g/mol. The second kappa shape index (κ2) is 10.4. The summed E-state index contributed by atoms with van der Waals surface area (Å²) in [5.74, 6) is -1.87. The van der Waals surface area contributed by atoms with Crippen LogP contribution in [0.5, 0.6) is 0 Å². The molecule has 2 atom stereocenters. The molecule has 0 radical (unpaired) electrons. The van der Waals surface area contributed by atoms with Crippen molar-refractivity contribution in [1.82, 2.24) is 10.2 Å². The Labute approximate surface area is 207 Å². The lowest BCUT2D eigenvalue weighted by Gasteiger charge is -2.43. The highest BCUT2D eigenvalue weighted by molar-refractivity contribution is 5.73. The molecule has 3 aromatic carbocycles. The third-order valence-corrected chi connectivity index (χ3v) is 6.65. The summed E-state index contributed by atoms with van der Waals surface area (Å²) >= 11 is 0. The first-order valence-electron chi connectivity index (χ1n) is 11.7. The van der Waals surface area contributed by atoms with E-state index < -0.39 is 29.1 Å². The molecule has 0 unspecified atom stereocenters. The lowest BCUT2D eigenvalue weighted by Crippen LogP contribution is -2.49. The van der Waals surface area contributed by atoms with Crippen molar-refractivity contribution < 1.29 is 27.5 Å². The van der Waals surface area contributed by atoms with Crippen molar-refractivity contribution in [2.24, 2.45) is 0 Å². The fourth-order valence-corrected chi connectivity index (χ4v) is 4.58. The normalized spacial score (nSPS) is 18.5. The van der Waals surface area contributed by atoms with Crippen molar-refractivity contribution in [3.63, 3.8) is 0 Å². The van der Waals surface area contributed by atoms with Crippen LogP contribution in [0, 0.1) is 17.5 Å². The van der Waals surface area contributed by atoms with Crippen molar-refractivity contribution in [3.05, 3.63) is 95.3 Å². The van der Waals surface area contributed by atoms with Gasteiger partial charge in [0.1, 0.15) is 23.1 Å². The Morgan fingerprint density at radius 3 is 2.31 bits per heavy atom. The van der Waals surface area contributed by atoms with Gasteiger partial charge in [-0.05, 0) is 47.9 Å². The molecule has 4 rings (SSSR count). The number of ether oxygens (including phenoxy) is 1. The Balaban J connectivity index is 1.51. The number of amides is 2. The Bertz CT molecular complexity index is 1250. The zero-order valence-electron chi connectivity index (χ0n) is 20.1. The molecule has 1 aliphatic rings. The quantitative estimate of drug-likeness (QED) is 0.430. The Kier molecular flexibility index (Phi) is 7.33. The maximum atomic E-state index is 14.2. The first-order chi connectivity index (χ1) is 17.2. The van der Waals surface area contributed by atoms with E-state index >= 15 is 0 Å². The Morgan fingerprint density at radius 2 is 1.69 bits per heavy atom. The van der Waals surface area contributed by atoms with Gasteiger partial charge in [-0.15, -0.1) is 0 Å². The topological polar surface area (TPSA) is 58.6 Å². The van der Waals surface area contributed by atoms with E-state index in [1.165, 1.54) is 31.2 Å². The molecule has 1 aliphatic heterocycles. The average molecular weight is 497 g/mol. The van der Waals surface area contributed by atoms with Crippen LogP contribution in [0.4, 0.5) is 18.0 Å². The number of nitrogens with one attached hydrogen (secondary N) is 1. The molecule has 1 saturated heterocycles. The molecule has 5 nitrogen and oxygen atoms in total. The molecule has 3 aromatic rings. The number of benzene rings is 3. The van der Waals surface area contributed by atoms with Crippen LogP contribution in [0.15, 0.2) is 66.7 Å². The van der Waals surface area contributed by atoms with Crippen LogP contribution >= 0.6 is 0 Å². The maximum absolute atomic E-state index is 14.2. The van der Waals surface area contributed by atoms with Gasteiger partial charge in [-0.2, -0.15) is 0 Å². The molecule has 0 aliphatic carbocycles. The summed E-state index contributed by atoms with van der Waals surface area (Å²) in [6.07, 6.45) is 0.284. The van der Waals surface area contributed by atoms with Crippen molar-refractivity contribution in [2.75, 3.05) is 13.1 Å². The van der Waals surface area contributed by atoms with Crippen LogP contribution in [0.2, 0.25) is 0 Å². The smallest absolute Gasteiger partial charge is 0.411 e. The van der Waals surface area contributed by atoms with E-state index in [0.29, 0.717) is 37.1 Å². The highest BCUT2D eigenvalue weighted by Crippen LogP contribution is 2.39. The van der Waals surface area contributed by atoms with Crippen LogP contribution in [0.3, 0.4) is 0 Å². The largest absolute Gasteiger partial charge is 0.438 e. The molecule has 1 heterocycles. The van der Waals surface area contributed by atoms with E-state index in [1.807, 2.05) is 6.92 Å². The van der Waals surface area contributed by atoms with Crippen molar-refractivity contribution in [3.8, 4) is 11.1 Å². The Hall–Kier alpha value is -3.81. The predicted molar refractivity (Wildman–Crippen MR) is 129 cm³/mol. The fourth-order valence-electron chi connectivity index (χ4n) is 4.58. The number of rotatable bonds is 7. The third-order valence-electron chi connectivity index (χ3n) is 6.65. The molecule has 1 fully saturated rings. The highest BCUT2D eigenvalue weighted by atomic mass is 19.1. The predicted octanol–water partition coefficient (Wildman–Crippen LogP) is 6.10. The van der Waals surface area contributed by atoms with Gasteiger partial charge in [0.05, 0.1) is 6.04 Å². The lowest BCUT2D eigenvalue weighted by molar-refractivity contribution is -0.119. The zero-order chi connectivity index (χ0) is 25.9. The van der Waals surface area contributed by atoms with Gasteiger partial charge in [0.2, 0.25) is 5.91 Å². The van der Waals surface area contributed by atoms with Crippen LogP contribution < -0.4 is 5.32 Å². The number of nitrogens with zero attached hydrogens (tertiary/aromatic N) is 1. The molecule has 188 valence electrons. The van der Waals surface area contributed by atoms with Gasteiger partial charge >= 0.3 is 6.09 Å². The number of carbonyl (C=O) groups is 2. The van der Waals surface area contributed by atoms with Crippen LogP contribution in [-0.4, -0.2) is 30.0 Å². The summed E-state index contributed by atoms with van der Waals surface area (Å²) in [4.78, 5) is 26.2. The minimum Gasteiger partial charge on any atom is -0.438 e. The van der Waals surface area contributed by atoms with E-state index in [2.05, 4.69) is 5.32 Å². The van der Waals surface area contributed by atoms with Crippen LogP contribution in [0.1, 0.15) is 43.9 Å². The van der Waals surface area contributed by atoms with E-state index in [4.69, 9.17) is 4.74 Å². The van der Waals surface area contributed by atoms with Gasteiger partial charge in [0.15, 0.2) is 0 Å². The van der Waals surface area contributed by atoms with Gasteiger partial charge in [0.25, 0.3) is 0 Å². The van der Waals surface area contributed by atoms with Crippen LogP contribution in [-0.2, 0) is 15.1 Å². The summed E-state index contributed by atoms with van der Waals surface area (Å²) in [6.45, 7) is 3.97. The van der Waals surface area contributed by atoms with Crippen molar-refractivity contribution in [1.29, 1.82) is 0 Å². The van der Waals surface area contributed by atoms with Crippen LogP contribution in [0.25, 0.3) is 11.1 Å². The van der Waals surface area contributed by atoms with Crippen molar-refractivity contribution >= 4 is 12.0 Å². The first kappa shape index (κ1) is 25.3. The number of carbonyl (C=O) groups excluding carboxylic acids is 2. The molecular weight excluding hydrogens is 469 g/mol. The molecule has 36 heavy (non-hydrogen) atoms. The van der Waals surface area contributed by atoms with Crippen molar-refractivity contribution in [2.45, 2.75) is 38.3 Å². The van der Waals surface area contributed by atoms with Gasteiger partial charge in [0, 0.05) is 44.5 Å². The zero-order valence-corrected chi connectivity index (χ0v) is 20.1. The average Bonchev–Trinajstić information content (AvgIpc) is 2.84. The van der Waals surface area contributed by atoms with E-state index in [9.17, 15) is 22.8 Å². The molecule has 0 aromatic heterocycles. The summed E-state index contributed by atoms with van der Waals surface area (Å²) in [5, 5.41) is 2.73. The molecule has 0 spiro atoms. The molecule has 0 bridgehead atoms. The van der Waals surface area contributed by atoms with E-state index in [-0.39, 0.29) is 17.5 Å².